The van der Waals surface area contributed by atoms with Gasteiger partial charge in [-0.05, 0) is 5.56 Å². The molecule has 23 heavy (non-hydrogen) atoms. The van der Waals surface area contributed by atoms with Crippen LogP contribution in [0.15, 0.2) is 30.3 Å². The van der Waals surface area contributed by atoms with E-state index in [0.717, 1.165) is 21.3 Å². The Kier molecular flexibility index (Phi) is 4.10. The third-order valence-corrected chi connectivity index (χ3v) is 4.24. The summed E-state index contributed by atoms with van der Waals surface area (Å²) in [7, 11) is 3.24. The molecule has 1 aromatic rings. The van der Waals surface area contributed by atoms with E-state index in [2.05, 4.69) is 4.74 Å². The van der Waals surface area contributed by atoms with Crippen molar-refractivity contribution in [3.8, 4) is 6.07 Å². The first kappa shape index (κ1) is 16.5. The van der Waals surface area contributed by atoms with Gasteiger partial charge in [0.1, 0.15) is 0 Å². The van der Waals surface area contributed by atoms with Gasteiger partial charge in [0.2, 0.25) is 5.41 Å². The molecule has 1 saturated carbocycles. The van der Waals surface area contributed by atoms with Crippen LogP contribution in [0.25, 0.3) is 0 Å². The van der Waals surface area contributed by atoms with Gasteiger partial charge in [0, 0.05) is 5.92 Å². The summed E-state index contributed by atoms with van der Waals surface area (Å²) < 4.78 is 14.1. The number of nitrogens with zero attached hydrogens (tertiary/aromatic N) is 1. The lowest BCUT2D eigenvalue weighted by molar-refractivity contribution is -0.167. The van der Waals surface area contributed by atoms with Crippen molar-refractivity contribution in [2.24, 2.45) is 10.8 Å². The van der Waals surface area contributed by atoms with E-state index in [0.29, 0.717) is 5.56 Å². The fraction of sp³-hybridized carbons (Fsp3) is 0.375. The molecule has 0 heterocycles. The number of hydrogen-bond acceptors (Lipinski definition) is 7. The molecule has 0 amide bonds. The minimum absolute atomic E-state index is 0.468. The molecule has 1 aliphatic rings. The van der Waals surface area contributed by atoms with E-state index in [4.69, 9.17) is 9.47 Å². The monoisotopic (exact) mass is 317 g/mol. The number of ether oxygens (including phenoxy) is 3. The Hall–Kier alpha value is -2.88. The predicted octanol–water partition coefficient (Wildman–Crippen LogP) is 0.799. The van der Waals surface area contributed by atoms with Crippen LogP contribution < -0.4 is 0 Å². The molecule has 1 aliphatic carbocycles. The van der Waals surface area contributed by atoms with Crippen molar-refractivity contribution >= 4 is 17.9 Å². The fourth-order valence-electron chi connectivity index (χ4n) is 3.22. The Labute approximate surface area is 132 Å². The second-order valence-corrected chi connectivity index (χ2v) is 5.05. The fourth-order valence-corrected chi connectivity index (χ4v) is 3.22. The van der Waals surface area contributed by atoms with Gasteiger partial charge in [0.15, 0.2) is 5.41 Å². The molecule has 0 N–H and O–H groups in total. The maximum atomic E-state index is 12.4. The third-order valence-electron chi connectivity index (χ3n) is 4.24. The van der Waals surface area contributed by atoms with Gasteiger partial charge in [0.05, 0.1) is 27.4 Å². The van der Waals surface area contributed by atoms with Crippen LogP contribution in [0.4, 0.5) is 0 Å². The summed E-state index contributed by atoms with van der Waals surface area (Å²) in [5.74, 6) is -4.05. The molecule has 7 heteroatoms. The second-order valence-electron chi connectivity index (χ2n) is 5.05. The summed E-state index contributed by atoms with van der Waals surface area (Å²) in [5, 5.41) is 9.65. The van der Waals surface area contributed by atoms with E-state index in [1.165, 1.54) is 0 Å². The molecule has 7 nitrogen and oxygen atoms in total. The van der Waals surface area contributed by atoms with E-state index in [9.17, 15) is 19.6 Å². The van der Waals surface area contributed by atoms with Gasteiger partial charge < -0.3 is 14.2 Å². The summed E-state index contributed by atoms with van der Waals surface area (Å²) in [5.41, 5.74) is -3.64. The zero-order valence-corrected chi connectivity index (χ0v) is 12.9. The molecule has 0 spiro atoms. The van der Waals surface area contributed by atoms with Crippen LogP contribution >= 0.6 is 0 Å². The van der Waals surface area contributed by atoms with Crippen molar-refractivity contribution in [3.05, 3.63) is 35.9 Å². The van der Waals surface area contributed by atoms with Gasteiger partial charge >= 0.3 is 17.9 Å². The smallest absolute Gasteiger partial charge is 0.328 e. The highest BCUT2D eigenvalue weighted by atomic mass is 16.6. The molecule has 120 valence electrons. The van der Waals surface area contributed by atoms with Crippen molar-refractivity contribution < 1.29 is 28.6 Å². The minimum Gasteiger partial charge on any atom is -0.468 e. The first-order valence-corrected chi connectivity index (χ1v) is 6.70. The molecule has 2 rings (SSSR count). The maximum Gasteiger partial charge on any atom is 0.328 e. The number of rotatable bonds is 4. The SMILES string of the molecule is COC(=O)C1(C(=O)OC)[C@@H](c2ccccc2)[C@@]1(C#N)C(=O)OC. The molecule has 0 aliphatic heterocycles. The molecule has 0 radical (unpaired) electrons. The van der Waals surface area contributed by atoms with E-state index in [1.54, 1.807) is 36.4 Å². The highest BCUT2D eigenvalue weighted by Gasteiger charge is 2.92. The van der Waals surface area contributed by atoms with Gasteiger partial charge in [-0.15, -0.1) is 0 Å². The van der Waals surface area contributed by atoms with E-state index < -0.39 is 34.7 Å². The van der Waals surface area contributed by atoms with Crippen LogP contribution in [0, 0.1) is 22.2 Å². The van der Waals surface area contributed by atoms with Crippen molar-refractivity contribution in [2.45, 2.75) is 5.92 Å². The van der Waals surface area contributed by atoms with Gasteiger partial charge in [-0.2, -0.15) is 5.26 Å². The topological polar surface area (TPSA) is 103 Å². The van der Waals surface area contributed by atoms with E-state index in [-0.39, 0.29) is 0 Å². The van der Waals surface area contributed by atoms with Gasteiger partial charge in [0.25, 0.3) is 0 Å². The summed E-state index contributed by atoms with van der Waals surface area (Å²) >= 11 is 0. The van der Waals surface area contributed by atoms with E-state index in [1.807, 2.05) is 0 Å². The third kappa shape index (κ3) is 1.84. The molecule has 0 saturated heterocycles. The van der Waals surface area contributed by atoms with Crippen LogP contribution in [0.2, 0.25) is 0 Å². The Bertz CT molecular complexity index is 676. The quantitative estimate of drug-likeness (QED) is 0.459. The number of methoxy groups -OCH3 is 3. The summed E-state index contributed by atoms with van der Waals surface area (Å²) in [6, 6.07) is 10.1. The predicted molar refractivity (Wildman–Crippen MR) is 75.7 cm³/mol. The average Bonchev–Trinajstić information content (AvgIpc) is 3.25. The lowest BCUT2D eigenvalue weighted by Crippen LogP contribution is -2.37. The Morgan fingerprint density at radius 2 is 1.43 bits per heavy atom. The zero-order chi connectivity index (χ0) is 17.3. The highest BCUT2D eigenvalue weighted by Crippen LogP contribution is 2.75. The zero-order valence-electron chi connectivity index (χ0n) is 12.9. The van der Waals surface area contributed by atoms with Crippen LogP contribution in [-0.2, 0) is 28.6 Å². The Balaban J connectivity index is 2.75. The highest BCUT2D eigenvalue weighted by molar-refractivity contribution is 6.15. The van der Waals surface area contributed by atoms with Crippen LogP contribution in [0.5, 0.6) is 0 Å². The Morgan fingerprint density at radius 3 is 1.83 bits per heavy atom. The molecule has 0 bridgehead atoms. The van der Waals surface area contributed by atoms with Gasteiger partial charge in [-0.1, -0.05) is 30.3 Å². The van der Waals surface area contributed by atoms with Crippen LogP contribution in [-0.4, -0.2) is 39.2 Å². The number of benzene rings is 1. The molecule has 2 atom stereocenters. The molecule has 1 aromatic carbocycles. The molecule has 1 fully saturated rings. The van der Waals surface area contributed by atoms with Crippen LogP contribution in [0.3, 0.4) is 0 Å². The molecule has 0 unspecified atom stereocenters. The minimum atomic E-state index is -2.08. The first-order valence-electron chi connectivity index (χ1n) is 6.70. The van der Waals surface area contributed by atoms with Crippen molar-refractivity contribution in [3.63, 3.8) is 0 Å². The van der Waals surface area contributed by atoms with Gasteiger partial charge in [-0.25, -0.2) is 0 Å². The summed E-state index contributed by atoms with van der Waals surface area (Å²) in [6.45, 7) is 0. The molecular weight excluding hydrogens is 302 g/mol. The maximum absolute atomic E-state index is 12.4. The summed E-state index contributed by atoms with van der Waals surface area (Å²) in [4.78, 5) is 37.1. The normalized spacial score (nSPS) is 24.0. The number of hydrogen-bond donors (Lipinski definition) is 0. The molecule has 0 aromatic heterocycles. The van der Waals surface area contributed by atoms with Crippen molar-refractivity contribution in [1.82, 2.24) is 0 Å². The largest absolute Gasteiger partial charge is 0.468 e. The lowest BCUT2D eigenvalue weighted by atomic mass is 9.93. The number of carbonyl (C=O) groups excluding carboxylic acids is 3. The Morgan fingerprint density at radius 1 is 0.957 bits per heavy atom. The average molecular weight is 317 g/mol. The van der Waals surface area contributed by atoms with E-state index >= 15 is 0 Å². The van der Waals surface area contributed by atoms with Crippen molar-refractivity contribution in [1.29, 1.82) is 5.26 Å². The number of carbonyl (C=O) groups is 3. The summed E-state index contributed by atoms with van der Waals surface area (Å²) in [6.07, 6.45) is 0. The standard InChI is InChI=1S/C16H15NO6/c1-21-12(18)15(9-17)11(10-7-5-4-6-8-10)16(15,13(19)22-2)14(20)23-3/h4-8,11H,1-3H3/t11-,15-/m0/s1. The van der Waals surface area contributed by atoms with Crippen molar-refractivity contribution in [2.75, 3.05) is 21.3 Å². The number of esters is 3. The molecular formula is C16H15NO6. The first-order chi connectivity index (χ1) is 11.0. The van der Waals surface area contributed by atoms with Gasteiger partial charge in [-0.3, -0.25) is 14.4 Å². The number of nitriles is 1. The van der Waals surface area contributed by atoms with Crippen LogP contribution in [0.1, 0.15) is 11.5 Å². The second kappa shape index (κ2) is 5.72. The lowest BCUT2D eigenvalue weighted by Gasteiger charge is -2.14.